The predicted molar refractivity (Wildman–Crippen MR) is 79.8 cm³/mol. The smallest absolute Gasteiger partial charge is 0.248 e. The van der Waals surface area contributed by atoms with Crippen molar-refractivity contribution >= 4 is 23.6 Å². The summed E-state index contributed by atoms with van der Waals surface area (Å²) in [4.78, 5) is 24.4. The van der Waals surface area contributed by atoms with Gasteiger partial charge >= 0.3 is 0 Å². The van der Waals surface area contributed by atoms with Gasteiger partial charge in [-0.15, -0.1) is 11.8 Å². The Kier molecular flexibility index (Phi) is 4.46. The Hall–Kier alpha value is -1.31. The number of hydrogen-bond acceptors (Lipinski definition) is 5. The van der Waals surface area contributed by atoms with E-state index in [0.717, 1.165) is 17.6 Å². The van der Waals surface area contributed by atoms with E-state index in [1.165, 1.54) is 16.7 Å². The molecular formula is C14H21N3O3S. The fourth-order valence-electron chi connectivity index (χ4n) is 2.27. The van der Waals surface area contributed by atoms with Crippen LogP contribution >= 0.6 is 11.8 Å². The highest BCUT2D eigenvalue weighted by Gasteiger charge is 2.49. The molecule has 2 aliphatic heterocycles. The maximum Gasteiger partial charge on any atom is 0.248 e. The molecule has 2 rings (SSSR count). The van der Waals surface area contributed by atoms with E-state index >= 15 is 0 Å². The van der Waals surface area contributed by atoms with Gasteiger partial charge in [-0.2, -0.15) is 0 Å². The molecule has 2 unspecified atom stereocenters. The number of amides is 1. The van der Waals surface area contributed by atoms with Crippen LogP contribution in [0.3, 0.4) is 0 Å². The third kappa shape index (κ3) is 3.00. The van der Waals surface area contributed by atoms with Gasteiger partial charge in [0, 0.05) is 5.75 Å². The third-order valence-corrected chi connectivity index (χ3v) is 5.33. The number of aliphatic carboxylic acids is 1. The Morgan fingerprint density at radius 1 is 1.57 bits per heavy atom. The average Bonchev–Trinajstić information content (AvgIpc) is 2.45. The van der Waals surface area contributed by atoms with Crippen LogP contribution in [-0.2, 0) is 9.59 Å². The first-order chi connectivity index (χ1) is 9.78. The van der Waals surface area contributed by atoms with Gasteiger partial charge in [0.05, 0.1) is 38.9 Å². The molecule has 2 heterocycles. The van der Waals surface area contributed by atoms with Crippen molar-refractivity contribution < 1.29 is 19.2 Å². The van der Waals surface area contributed by atoms with Crippen LogP contribution in [0.5, 0.6) is 0 Å². The van der Waals surface area contributed by atoms with Gasteiger partial charge in [0.1, 0.15) is 11.4 Å². The van der Waals surface area contributed by atoms with Gasteiger partial charge in [-0.3, -0.25) is 9.69 Å². The summed E-state index contributed by atoms with van der Waals surface area (Å²) in [5, 5.41) is 11.1. The molecule has 6 nitrogen and oxygen atoms in total. The number of carbonyl (C=O) groups is 2. The molecule has 0 spiro atoms. The van der Waals surface area contributed by atoms with Gasteiger partial charge in [0.15, 0.2) is 0 Å². The lowest BCUT2D eigenvalue weighted by Crippen LogP contribution is -2.69. The summed E-state index contributed by atoms with van der Waals surface area (Å²) in [7, 11) is 4.20. The van der Waals surface area contributed by atoms with E-state index < -0.39 is 12.0 Å². The quantitative estimate of drug-likeness (QED) is 0.514. The van der Waals surface area contributed by atoms with Gasteiger partial charge in [0.25, 0.3) is 0 Å². The van der Waals surface area contributed by atoms with E-state index in [0.29, 0.717) is 11.3 Å². The minimum absolute atomic E-state index is 0.0245. The third-order valence-electron chi connectivity index (χ3n) is 4.01. The van der Waals surface area contributed by atoms with Crippen LogP contribution in [0.15, 0.2) is 23.4 Å². The Morgan fingerprint density at radius 2 is 2.24 bits per heavy atom. The number of hydrogen-bond donors (Lipinski definition) is 1. The molecule has 2 aliphatic rings. The molecule has 1 fully saturated rings. The molecular weight excluding hydrogens is 290 g/mol. The first-order valence-electron chi connectivity index (χ1n) is 6.92. The van der Waals surface area contributed by atoms with Gasteiger partial charge in [-0.1, -0.05) is 6.08 Å². The van der Waals surface area contributed by atoms with Crippen LogP contribution in [0.4, 0.5) is 0 Å². The van der Waals surface area contributed by atoms with E-state index in [1.54, 1.807) is 6.08 Å². The summed E-state index contributed by atoms with van der Waals surface area (Å²) in [5.41, 5.74) is 6.28. The number of fused-ring (bicyclic) bond motifs is 1. The predicted octanol–water partition coefficient (Wildman–Crippen LogP) is -1.11. The zero-order chi connectivity index (χ0) is 15.8. The van der Waals surface area contributed by atoms with Crippen molar-refractivity contribution in [1.82, 2.24) is 4.90 Å². The number of carboxylic acid groups (broad SMARTS) is 1. The maximum atomic E-state index is 11.8. The zero-order valence-electron chi connectivity index (χ0n) is 12.5. The lowest BCUT2D eigenvalue weighted by Gasteiger charge is -2.49. The highest BCUT2D eigenvalue weighted by Crippen LogP contribution is 2.39. The monoisotopic (exact) mass is 311 g/mol. The lowest BCUT2D eigenvalue weighted by atomic mass is 10.0. The molecule has 2 atom stereocenters. The van der Waals surface area contributed by atoms with Gasteiger partial charge in [-0.05, 0) is 18.6 Å². The average molecular weight is 311 g/mol. The van der Waals surface area contributed by atoms with Crippen LogP contribution < -0.4 is 10.8 Å². The molecule has 7 heteroatoms. The Labute approximate surface area is 128 Å². The van der Waals surface area contributed by atoms with Crippen molar-refractivity contribution in [3.8, 4) is 0 Å². The molecule has 0 saturated carbocycles. The Balaban J connectivity index is 2.21. The lowest BCUT2D eigenvalue weighted by molar-refractivity contribution is -0.882. The number of likely N-dealkylation sites (N-methyl/N-ethyl adjacent to an activating group) is 1. The highest BCUT2D eigenvalue weighted by atomic mass is 32.2. The molecule has 0 aromatic heterocycles. The first kappa shape index (κ1) is 16.1. The van der Waals surface area contributed by atoms with E-state index in [4.69, 9.17) is 5.73 Å². The summed E-state index contributed by atoms with van der Waals surface area (Å²) in [5.74, 6) is -1.13. The largest absolute Gasteiger partial charge is 0.543 e. The van der Waals surface area contributed by atoms with Crippen LogP contribution in [0.25, 0.3) is 0 Å². The molecule has 2 N–H and O–H groups in total. The summed E-state index contributed by atoms with van der Waals surface area (Å²) in [6, 6.07) is -0.606. The fourth-order valence-corrected chi connectivity index (χ4v) is 3.53. The number of allylic oxidation sites excluding steroid dienone is 1. The van der Waals surface area contributed by atoms with Gasteiger partial charge in [-0.25, -0.2) is 0 Å². The molecule has 116 valence electrons. The fraction of sp³-hybridized carbons (Fsp3) is 0.571. The van der Waals surface area contributed by atoms with Crippen LogP contribution in [0.2, 0.25) is 0 Å². The molecule has 0 aliphatic carbocycles. The maximum absolute atomic E-state index is 11.8. The van der Waals surface area contributed by atoms with Gasteiger partial charge < -0.3 is 20.1 Å². The number of quaternary nitrogens is 1. The summed E-state index contributed by atoms with van der Waals surface area (Å²) in [6.45, 7) is 3.87. The van der Waals surface area contributed by atoms with Crippen molar-refractivity contribution in [2.45, 2.75) is 18.3 Å². The molecule has 0 radical (unpaired) electrons. The number of carboxylic acids is 1. The Morgan fingerprint density at radius 3 is 2.81 bits per heavy atom. The molecule has 1 amide bonds. The van der Waals surface area contributed by atoms with E-state index in [-0.39, 0.29) is 17.0 Å². The second-order valence-corrected chi connectivity index (χ2v) is 7.04. The van der Waals surface area contributed by atoms with Crippen molar-refractivity contribution in [2.75, 3.05) is 32.9 Å². The van der Waals surface area contributed by atoms with Crippen molar-refractivity contribution in [3.63, 3.8) is 0 Å². The van der Waals surface area contributed by atoms with Crippen molar-refractivity contribution in [3.05, 3.63) is 23.4 Å². The number of nitrogens with zero attached hydrogens (tertiary/aromatic N) is 2. The number of rotatable bonds is 5. The minimum atomic E-state index is -1.32. The molecule has 1 saturated heterocycles. The van der Waals surface area contributed by atoms with E-state index in [2.05, 4.69) is 21.0 Å². The van der Waals surface area contributed by atoms with E-state index in [1.807, 2.05) is 6.08 Å². The van der Waals surface area contributed by atoms with E-state index in [9.17, 15) is 14.7 Å². The highest BCUT2D eigenvalue weighted by molar-refractivity contribution is 8.00. The molecule has 0 bridgehead atoms. The van der Waals surface area contributed by atoms with Crippen LogP contribution in [-0.4, -0.2) is 65.6 Å². The number of thioether (sulfide) groups is 1. The number of carbonyl (C=O) groups excluding carboxylic acids is 2. The van der Waals surface area contributed by atoms with Crippen molar-refractivity contribution in [1.29, 1.82) is 0 Å². The van der Waals surface area contributed by atoms with Crippen LogP contribution in [0, 0.1) is 0 Å². The minimum Gasteiger partial charge on any atom is -0.543 e. The summed E-state index contributed by atoms with van der Waals surface area (Å²) in [6.07, 6.45) is 3.74. The summed E-state index contributed by atoms with van der Waals surface area (Å²) >= 11 is 1.49. The van der Waals surface area contributed by atoms with Crippen molar-refractivity contribution in [2.24, 2.45) is 5.73 Å². The first-order valence-corrected chi connectivity index (χ1v) is 7.96. The number of nitrogens with two attached hydrogens (primary N) is 1. The van der Waals surface area contributed by atoms with Gasteiger partial charge in [0.2, 0.25) is 5.91 Å². The SMILES string of the molecule is CC[N+](C)(C)C/C=C/C1=C(C(=O)[O-])N2C(=O)C(N)C2SC1. The Bertz CT molecular complexity index is 528. The topological polar surface area (TPSA) is 86.5 Å². The second-order valence-electron chi connectivity index (χ2n) is 5.93. The zero-order valence-corrected chi connectivity index (χ0v) is 13.4. The summed E-state index contributed by atoms with van der Waals surface area (Å²) < 4.78 is 0.813. The molecule has 0 aromatic rings. The molecule has 0 aromatic carbocycles. The number of β-lactam (4-membered cyclic amide) rings is 1. The van der Waals surface area contributed by atoms with Crippen LogP contribution in [0.1, 0.15) is 6.92 Å². The standard InChI is InChI=1S/C14H21N3O3S/c1-4-17(2,3)7-5-6-9-8-21-13-10(15)12(18)16(13)11(9)14(19)20/h5-6,10,13H,4,7-8,15H2,1-3H3/b6-5+. The molecule has 21 heavy (non-hydrogen) atoms. The normalized spacial score (nSPS) is 26.1. The second kappa shape index (κ2) is 5.82.